The third kappa shape index (κ3) is 4.12. The molecule has 0 aliphatic heterocycles. The standard InChI is InChI=1S/C11H14N4O3/c1-6-3-7(2)5-8(4-6)13-11(18)15-14-10(17)9(12)16/h3-5H,1-2H3,(H2,12,16)(H,14,17)(H2,13,15,18). The molecule has 0 saturated carbocycles. The molecule has 0 aliphatic carbocycles. The lowest BCUT2D eigenvalue weighted by atomic mass is 10.1. The molecular formula is C11H14N4O3. The summed E-state index contributed by atoms with van der Waals surface area (Å²) in [5, 5.41) is 2.50. The molecule has 0 aliphatic rings. The molecule has 18 heavy (non-hydrogen) atoms. The molecule has 0 saturated heterocycles. The number of carbonyl (C=O) groups excluding carboxylic acids is 3. The second kappa shape index (κ2) is 5.67. The van der Waals surface area contributed by atoms with Crippen LogP contribution in [0.2, 0.25) is 0 Å². The van der Waals surface area contributed by atoms with E-state index in [1.165, 1.54) is 0 Å². The van der Waals surface area contributed by atoms with Gasteiger partial charge in [0.1, 0.15) is 0 Å². The molecule has 1 aromatic carbocycles. The predicted molar refractivity (Wildman–Crippen MR) is 65.4 cm³/mol. The second-order valence-electron chi connectivity index (χ2n) is 3.77. The number of benzene rings is 1. The maximum atomic E-state index is 11.4. The van der Waals surface area contributed by atoms with Crippen LogP contribution in [0.25, 0.3) is 0 Å². The number of nitrogens with one attached hydrogen (secondary N) is 3. The van der Waals surface area contributed by atoms with Crippen molar-refractivity contribution in [3.63, 3.8) is 0 Å². The summed E-state index contributed by atoms with van der Waals surface area (Å²) in [7, 11) is 0. The zero-order valence-corrected chi connectivity index (χ0v) is 10.0. The van der Waals surface area contributed by atoms with Gasteiger partial charge in [-0.2, -0.15) is 0 Å². The van der Waals surface area contributed by atoms with Gasteiger partial charge in [-0.05, 0) is 37.1 Å². The number of hydrazine groups is 1. The first kappa shape index (κ1) is 13.5. The van der Waals surface area contributed by atoms with Crippen LogP contribution < -0.4 is 21.9 Å². The van der Waals surface area contributed by atoms with Crippen molar-refractivity contribution in [2.75, 3.05) is 5.32 Å². The molecule has 4 amide bonds. The van der Waals surface area contributed by atoms with E-state index in [1.54, 1.807) is 12.1 Å². The topological polar surface area (TPSA) is 113 Å². The van der Waals surface area contributed by atoms with Crippen LogP contribution in [0, 0.1) is 13.8 Å². The molecular weight excluding hydrogens is 236 g/mol. The van der Waals surface area contributed by atoms with E-state index in [2.05, 4.69) is 5.32 Å². The third-order valence-electron chi connectivity index (χ3n) is 1.99. The van der Waals surface area contributed by atoms with Crippen LogP contribution in [0.15, 0.2) is 18.2 Å². The fraction of sp³-hybridized carbons (Fsp3) is 0.182. The summed E-state index contributed by atoms with van der Waals surface area (Å²) in [4.78, 5) is 32.6. The highest BCUT2D eigenvalue weighted by molar-refractivity contribution is 6.34. The molecule has 5 N–H and O–H groups in total. The van der Waals surface area contributed by atoms with Gasteiger partial charge in [-0.25, -0.2) is 10.2 Å². The Kier molecular flexibility index (Phi) is 4.25. The van der Waals surface area contributed by atoms with Crippen LogP contribution in [-0.2, 0) is 9.59 Å². The van der Waals surface area contributed by atoms with Gasteiger partial charge in [0.15, 0.2) is 0 Å². The van der Waals surface area contributed by atoms with E-state index >= 15 is 0 Å². The van der Waals surface area contributed by atoms with Crippen molar-refractivity contribution >= 4 is 23.5 Å². The van der Waals surface area contributed by atoms with Crippen molar-refractivity contribution in [1.29, 1.82) is 0 Å². The third-order valence-corrected chi connectivity index (χ3v) is 1.99. The van der Waals surface area contributed by atoms with Gasteiger partial charge >= 0.3 is 17.8 Å². The van der Waals surface area contributed by atoms with E-state index in [4.69, 9.17) is 5.73 Å². The molecule has 96 valence electrons. The molecule has 0 fully saturated rings. The summed E-state index contributed by atoms with van der Waals surface area (Å²) < 4.78 is 0. The molecule has 0 unspecified atom stereocenters. The molecule has 0 spiro atoms. The van der Waals surface area contributed by atoms with E-state index in [9.17, 15) is 14.4 Å². The Morgan fingerprint density at radius 1 is 1.00 bits per heavy atom. The average molecular weight is 250 g/mol. The van der Waals surface area contributed by atoms with Crippen molar-refractivity contribution in [2.24, 2.45) is 5.73 Å². The maximum Gasteiger partial charge on any atom is 0.337 e. The molecule has 1 aromatic rings. The van der Waals surface area contributed by atoms with Gasteiger partial charge < -0.3 is 11.1 Å². The van der Waals surface area contributed by atoms with Gasteiger partial charge in [-0.1, -0.05) is 6.07 Å². The fourth-order valence-corrected chi connectivity index (χ4v) is 1.38. The van der Waals surface area contributed by atoms with Gasteiger partial charge in [0.2, 0.25) is 0 Å². The largest absolute Gasteiger partial charge is 0.361 e. The summed E-state index contributed by atoms with van der Waals surface area (Å²) in [5.41, 5.74) is 11.1. The zero-order chi connectivity index (χ0) is 13.7. The van der Waals surface area contributed by atoms with Crippen LogP contribution in [0.1, 0.15) is 11.1 Å². The second-order valence-corrected chi connectivity index (χ2v) is 3.77. The number of amides is 4. The SMILES string of the molecule is Cc1cc(C)cc(NC(=O)NNC(=O)C(N)=O)c1. The lowest BCUT2D eigenvalue weighted by Gasteiger charge is -2.09. The first-order valence-corrected chi connectivity index (χ1v) is 5.13. The minimum atomic E-state index is -1.18. The van der Waals surface area contributed by atoms with Crippen LogP contribution in [0.3, 0.4) is 0 Å². The minimum absolute atomic E-state index is 0.582. The Hall–Kier alpha value is -2.57. The number of hydrogen-bond acceptors (Lipinski definition) is 3. The molecule has 1 rings (SSSR count). The van der Waals surface area contributed by atoms with Crippen molar-refractivity contribution in [3.8, 4) is 0 Å². The Balaban J connectivity index is 2.54. The average Bonchev–Trinajstić information content (AvgIpc) is 2.24. The highest BCUT2D eigenvalue weighted by atomic mass is 16.2. The van der Waals surface area contributed by atoms with Crippen molar-refractivity contribution < 1.29 is 14.4 Å². The first-order valence-electron chi connectivity index (χ1n) is 5.13. The predicted octanol–water partition coefficient (Wildman–Crippen LogP) is -0.0586. The van der Waals surface area contributed by atoms with Gasteiger partial charge in [-0.15, -0.1) is 0 Å². The van der Waals surface area contributed by atoms with Crippen molar-refractivity contribution in [1.82, 2.24) is 10.9 Å². The van der Waals surface area contributed by atoms with Gasteiger partial charge in [-0.3, -0.25) is 15.0 Å². The maximum absolute atomic E-state index is 11.4. The molecule has 0 bridgehead atoms. The number of aryl methyl sites for hydroxylation is 2. The highest BCUT2D eigenvalue weighted by Crippen LogP contribution is 2.13. The van der Waals surface area contributed by atoms with Gasteiger partial charge in [0, 0.05) is 5.69 Å². The quantitative estimate of drug-likeness (QED) is 0.413. The minimum Gasteiger partial charge on any atom is -0.361 e. The molecule has 7 nitrogen and oxygen atoms in total. The Bertz CT molecular complexity index is 479. The fourth-order valence-electron chi connectivity index (χ4n) is 1.38. The highest BCUT2D eigenvalue weighted by Gasteiger charge is 2.09. The number of nitrogens with two attached hydrogens (primary N) is 1. The number of rotatable bonds is 1. The van der Waals surface area contributed by atoms with Crippen LogP contribution in [-0.4, -0.2) is 17.8 Å². The molecule has 7 heteroatoms. The van der Waals surface area contributed by atoms with E-state index < -0.39 is 17.8 Å². The van der Waals surface area contributed by atoms with Crippen LogP contribution in [0.4, 0.5) is 10.5 Å². The van der Waals surface area contributed by atoms with E-state index in [0.717, 1.165) is 11.1 Å². The summed E-state index contributed by atoms with van der Waals surface area (Å²) in [6.07, 6.45) is 0. The zero-order valence-electron chi connectivity index (χ0n) is 10.0. The number of hydrogen-bond donors (Lipinski definition) is 4. The normalized spacial score (nSPS) is 9.44. The molecule has 0 atom stereocenters. The number of carbonyl (C=O) groups is 3. The van der Waals surface area contributed by atoms with E-state index in [1.807, 2.05) is 30.8 Å². The molecule has 0 aromatic heterocycles. The monoisotopic (exact) mass is 250 g/mol. The first-order chi connectivity index (χ1) is 8.38. The van der Waals surface area contributed by atoms with Gasteiger partial charge in [0.05, 0.1) is 0 Å². The van der Waals surface area contributed by atoms with Crippen molar-refractivity contribution in [3.05, 3.63) is 29.3 Å². The van der Waals surface area contributed by atoms with E-state index in [-0.39, 0.29) is 0 Å². The van der Waals surface area contributed by atoms with Gasteiger partial charge in [0.25, 0.3) is 0 Å². The number of primary amides is 1. The molecule has 0 radical (unpaired) electrons. The van der Waals surface area contributed by atoms with Crippen molar-refractivity contribution in [2.45, 2.75) is 13.8 Å². The van der Waals surface area contributed by atoms with Crippen LogP contribution in [0.5, 0.6) is 0 Å². The summed E-state index contributed by atoms with van der Waals surface area (Å²) in [6, 6.07) is 4.82. The lowest BCUT2D eigenvalue weighted by Crippen LogP contribution is -2.48. The lowest BCUT2D eigenvalue weighted by molar-refractivity contribution is -0.137. The van der Waals surface area contributed by atoms with E-state index in [0.29, 0.717) is 5.69 Å². The summed E-state index contributed by atoms with van der Waals surface area (Å²) in [6.45, 7) is 3.79. The molecule has 0 heterocycles. The summed E-state index contributed by atoms with van der Waals surface area (Å²) >= 11 is 0. The Morgan fingerprint density at radius 3 is 2.06 bits per heavy atom. The summed E-state index contributed by atoms with van der Waals surface area (Å²) in [5.74, 6) is -2.27. The Morgan fingerprint density at radius 2 is 1.56 bits per heavy atom. The number of urea groups is 1. The Labute approximate surface area is 104 Å². The number of anilines is 1. The van der Waals surface area contributed by atoms with Crippen LogP contribution >= 0.6 is 0 Å². The smallest absolute Gasteiger partial charge is 0.337 e.